The number of nitrogens with two attached hydrogens (primary N) is 1. The van der Waals surface area contributed by atoms with E-state index in [2.05, 4.69) is 37.2 Å². The normalized spacial score (nSPS) is 12.1. The zero-order chi connectivity index (χ0) is 10.8. The van der Waals surface area contributed by atoms with Gasteiger partial charge in [-0.15, -0.1) is 0 Å². The van der Waals surface area contributed by atoms with Gasteiger partial charge in [0.05, 0.1) is 0 Å². The molecule has 0 fully saturated rings. The standard InChI is InChI=1S/C12H20N2/c1-12(2,13)11-8-6-5-7-10(11)9-14(3)4/h5-8H,9,13H2,1-4H3. The largest absolute Gasteiger partial charge is 0.322 e. The average Bonchev–Trinajstić information content (AvgIpc) is 2.01. The minimum atomic E-state index is -0.257. The third-order valence-corrected chi connectivity index (χ3v) is 2.20. The lowest BCUT2D eigenvalue weighted by Gasteiger charge is -2.24. The Morgan fingerprint density at radius 1 is 1.21 bits per heavy atom. The predicted octanol–water partition coefficient (Wildman–Crippen LogP) is 1.94. The van der Waals surface area contributed by atoms with E-state index in [9.17, 15) is 0 Å². The van der Waals surface area contributed by atoms with Crippen LogP contribution in [0.25, 0.3) is 0 Å². The minimum Gasteiger partial charge on any atom is -0.322 e. The van der Waals surface area contributed by atoms with Gasteiger partial charge < -0.3 is 10.6 Å². The topological polar surface area (TPSA) is 29.3 Å². The van der Waals surface area contributed by atoms with Crippen molar-refractivity contribution in [3.8, 4) is 0 Å². The van der Waals surface area contributed by atoms with Crippen molar-refractivity contribution >= 4 is 0 Å². The quantitative estimate of drug-likeness (QED) is 0.793. The molecule has 1 aromatic carbocycles. The Labute approximate surface area is 86.7 Å². The van der Waals surface area contributed by atoms with Gasteiger partial charge in [-0.05, 0) is 39.1 Å². The minimum absolute atomic E-state index is 0.257. The lowest BCUT2D eigenvalue weighted by Crippen LogP contribution is -2.30. The number of rotatable bonds is 3. The molecule has 0 aromatic heterocycles. The number of hydrogen-bond acceptors (Lipinski definition) is 2. The van der Waals surface area contributed by atoms with Gasteiger partial charge in [0.15, 0.2) is 0 Å². The fourth-order valence-corrected chi connectivity index (χ4v) is 1.63. The molecule has 0 heterocycles. The van der Waals surface area contributed by atoms with Crippen LogP contribution in [0.4, 0.5) is 0 Å². The van der Waals surface area contributed by atoms with Crippen LogP contribution in [-0.4, -0.2) is 19.0 Å². The Balaban J connectivity index is 3.04. The van der Waals surface area contributed by atoms with Crippen LogP contribution in [0.15, 0.2) is 24.3 Å². The highest BCUT2D eigenvalue weighted by Gasteiger charge is 2.17. The van der Waals surface area contributed by atoms with Crippen molar-refractivity contribution in [1.82, 2.24) is 4.90 Å². The molecule has 0 bridgehead atoms. The molecule has 0 unspecified atom stereocenters. The van der Waals surface area contributed by atoms with Crippen LogP contribution in [0.1, 0.15) is 25.0 Å². The molecule has 0 radical (unpaired) electrons. The maximum absolute atomic E-state index is 6.11. The maximum Gasteiger partial charge on any atom is 0.0355 e. The van der Waals surface area contributed by atoms with Crippen molar-refractivity contribution in [1.29, 1.82) is 0 Å². The van der Waals surface area contributed by atoms with Gasteiger partial charge in [0.1, 0.15) is 0 Å². The SMILES string of the molecule is CN(C)Cc1ccccc1C(C)(C)N. The Kier molecular flexibility index (Phi) is 3.29. The second kappa shape index (κ2) is 4.11. The molecule has 0 saturated heterocycles. The second-order valence-electron chi connectivity index (χ2n) is 4.62. The number of nitrogens with zero attached hydrogens (tertiary/aromatic N) is 1. The van der Waals surface area contributed by atoms with Gasteiger partial charge in [0.25, 0.3) is 0 Å². The van der Waals surface area contributed by atoms with Crippen LogP contribution in [0.3, 0.4) is 0 Å². The molecular formula is C12H20N2. The van der Waals surface area contributed by atoms with Gasteiger partial charge in [-0.3, -0.25) is 0 Å². The van der Waals surface area contributed by atoms with Crippen molar-refractivity contribution in [3.63, 3.8) is 0 Å². The summed E-state index contributed by atoms with van der Waals surface area (Å²) in [6, 6.07) is 8.36. The van der Waals surface area contributed by atoms with Gasteiger partial charge in [0.2, 0.25) is 0 Å². The fraction of sp³-hybridized carbons (Fsp3) is 0.500. The third kappa shape index (κ3) is 2.82. The zero-order valence-corrected chi connectivity index (χ0v) is 9.54. The summed E-state index contributed by atoms with van der Waals surface area (Å²) in [4.78, 5) is 2.16. The highest BCUT2D eigenvalue weighted by Crippen LogP contribution is 2.21. The first-order valence-electron chi connectivity index (χ1n) is 4.93. The van der Waals surface area contributed by atoms with Crippen molar-refractivity contribution in [2.75, 3.05) is 14.1 Å². The summed E-state index contributed by atoms with van der Waals surface area (Å²) in [5.74, 6) is 0. The Bertz CT molecular complexity index is 297. The van der Waals surface area contributed by atoms with E-state index in [1.807, 2.05) is 19.9 Å². The first kappa shape index (κ1) is 11.2. The van der Waals surface area contributed by atoms with Crippen LogP contribution in [0.5, 0.6) is 0 Å². The number of benzene rings is 1. The Morgan fingerprint density at radius 2 is 1.79 bits per heavy atom. The van der Waals surface area contributed by atoms with Crippen molar-refractivity contribution in [2.24, 2.45) is 5.73 Å². The number of hydrogen-bond donors (Lipinski definition) is 1. The zero-order valence-electron chi connectivity index (χ0n) is 9.54. The van der Waals surface area contributed by atoms with Crippen LogP contribution >= 0.6 is 0 Å². The maximum atomic E-state index is 6.11. The van der Waals surface area contributed by atoms with E-state index < -0.39 is 0 Å². The predicted molar refractivity (Wildman–Crippen MR) is 61.0 cm³/mol. The van der Waals surface area contributed by atoms with Gasteiger partial charge >= 0.3 is 0 Å². The second-order valence-corrected chi connectivity index (χ2v) is 4.62. The molecule has 0 aliphatic heterocycles. The molecule has 2 heteroatoms. The molecule has 2 nitrogen and oxygen atoms in total. The van der Waals surface area contributed by atoms with E-state index in [4.69, 9.17) is 5.73 Å². The highest BCUT2D eigenvalue weighted by atomic mass is 15.0. The molecule has 0 saturated carbocycles. The van der Waals surface area contributed by atoms with Gasteiger partial charge in [-0.25, -0.2) is 0 Å². The molecule has 0 spiro atoms. The molecule has 1 aromatic rings. The Hall–Kier alpha value is -0.860. The first-order valence-corrected chi connectivity index (χ1v) is 4.93. The lowest BCUT2D eigenvalue weighted by atomic mass is 9.91. The molecule has 1 rings (SSSR count). The van der Waals surface area contributed by atoms with Crippen LogP contribution in [0.2, 0.25) is 0 Å². The van der Waals surface area contributed by atoms with Gasteiger partial charge in [0, 0.05) is 12.1 Å². The van der Waals surface area contributed by atoms with E-state index in [1.54, 1.807) is 0 Å². The molecule has 2 N–H and O–H groups in total. The monoisotopic (exact) mass is 192 g/mol. The summed E-state index contributed by atoms with van der Waals surface area (Å²) in [5.41, 5.74) is 8.40. The molecule has 78 valence electrons. The molecule has 0 amide bonds. The Morgan fingerprint density at radius 3 is 2.29 bits per heavy atom. The van der Waals surface area contributed by atoms with E-state index in [1.165, 1.54) is 11.1 Å². The van der Waals surface area contributed by atoms with Gasteiger partial charge in [-0.2, -0.15) is 0 Å². The lowest BCUT2D eigenvalue weighted by molar-refractivity contribution is 0.395. The molecular weight excluding hydrogens is 172 g/mol. The van der Waals surface area contributed by atoms with Crippen molar-refractivity contribution in [2.45, 2.75) is 25.9 Å². The summed E-state index contributed by atoms with van der Waals surface area (Å²) >= 11 is 0. The molecule has 0 aliphatic rings. The first-order chi connectivity index (χ1) is 6.41. The van der Waals surface area contributed by atoms with E-state index >= 15 is 0 Å². The van der Waals surface area contributed by atoms with Crippen LogP contribution < -0.4 is 5.73 Å². The van der Waals surface area contributed by atoms with Crippen molar-refractivity contribution in [3.05, 3.63) is 35.4 Å². The van der Waals surface area contributed by atoms with Crippen LogP contribution in [0, 0.1) is 0 Å². The van der Waals surface area contributed by atoms with Crippen LogP contribution in [-0.2, 0) is 12.1 Å². The molecule has 0 atom stereocenters. The average molecular weight is 192 g/mol. The van der Waals surface area contributed by atoms with E-state index in [0.29, 0.717) is 0 Å². The third-order valence-electron chi connectivity index (χ3n) is 2.20. The smallest absolute Gasteiger partial charge is 0.0355 e. The summed E-state index contributed by atoms with van der Waals surface area (Å²) in [5, 5.41) is 0. The van der Waals surface area contributed by atoms with Crippen molar-refractivity contribution < 1.29 is 0 Å². The highest BCUT2D eigenvalue weighted by molar-refractivity contribution is 5.32. The van der Waals surface area contributed by atoms with E-state index in [0.717, 1.165) is 6.54 Å². The fourth-order valence-electron chi connectivity index (χ4n) is 1.63. The summed E-state index contributed by atoms with van der Waals surface area (Å²) in [7, 11) is 4.14. The molecule has 0 aliphatic carbocycles. The molecule has 14 heavy (non-hydrogen) atoms. The summed E-state index contributed by atoms with van der Waals surface area (Å²) in [6.07, 6.45) is 0. The van der Waals surface area contributed by atoms with Gasteiger partial charge in [-0.1, -0.05) is 24.3 Å². The summed E-state index contributed by atoms with van der Waals surface area (Å²) in [6.45, 7) is 5.03. The summed E-state index contributed by atoms with van der Waals surface area (Å²) < 4.78 is 0. The van der Waals surface area contributed by atoms with E-state index in [-0.39, 0.29) is 5.54 Å².